The van der Waals surface area contributed by atoms with E-state index in [1.165, 1.54) is 18.2 Å². The molecule has 1 saturated heterocycles. The quantitative estimate of drug-likeness (QED) is 0.352. The van der Waals surface area contributed by atoms with Crippen molar-refractivity contribution in [3.63, 3.8) is 0 Å². The molecule has 1 heterocycles. The van der Waals surface area contributed by atoms with E-state index in [4.69, 9.17) is 0 Å². The van der Waals surface area contributed by atoms with Crippen LogP contribution in [0.4, 0.5) is 14.5 Å². The third kappa shape index (κ3) is 4.97. The maximum Gasteiger partial charge on any atom is 0.191 e. The second kappa shape index (κ2) is 9.68. The van der Waals surface area contributed by atoms with Gasteiger partial charge in [-0.05, 0) is 31.4 Å². The first-order chi connectivity index (χ1) is 12.1. The number of nitrogens with one attached hydrogen (secondary N) is 2. The molecule has 1 aliphatic carbocycles. The summed E-state index contributed by atoms with van der Waals surface area (Å²) >= 11 is 0. The van der Waals surface area contributed by atoms with E-state index in [0.29, 0.717) is 25.6 Å². The lowest BCUT2D eigenvalue weighted by Gasteiger charge is -2.22. The van der Waals surface area contributed by atoms with Crippen LogP contribution in [0.25, 0.3) is 0 Å². The van der Waals surface area contributed by atoms with Crippen LogP contribution in [-0.2, 0) is 0 Å². The van der Waals surface area contributed by atoms with Crippen molar-refractivity contribution < 1.29 is 13.9 Å². The van der Waals surface area contributed by atoms with Crippen molar-refractivity contribution >= 4 is 35.6 Å². The summed E-state index contributed by atoms with van der Waals surface area (Å²) in [7, 11) is 1.70. The third-order valence-corrected chi connectivity index (χ3v) is 5.16. The van der Waals surface area contributed by atoms with Crippen LogP contribution in [0.2, 0.25) is 0 Å². The molecule has 0 aromatic heterocycles. The van der Waals surface area contributed by atoms with Crippen LogP contribution in [0.15, 0.2) is 23.2 Å². The van der Waals surface area contributed by atoms with Gasteiger partial charge >= 0.3 is 0 Å². The van der Waals surface area contributed by atoms with Gasteiger partial charge in [-0.3, -0.25) is 4.99 Å². The molecule has 26 heavy (non-hydrogen) atoms. The maximum absolute atomic E-state index is 13.9. The van der Waals surface area contributed by atoms with Crippen LogP contribution in [0, 0.1) is 17.6 Å². The summed E-state index contributed by atoms with van der Waals surface area (Å²) in [6.07, 6.45) is 3.49. The standard InChI is InChI=1S/C18H26F2N4O.HI/c1-21-18(22-10-12-4-2-7-16(12)25)23-13-8-9-24(11-13)17-14(19)5-3-6-15(17)20;/h3,5-6,12-13,16,25H,2,4,7-11H2,1H3,(H2,21,22,23);1H. The first-order valence-corrected chi connectivity index (χ1v) is 8.92. The average molecular weight is 480 g/mol. The molecule has 2 fully saturated rings. The van der Waals surface area contributed by atoms with Gasteiger partial charge in [0.25, 0.3) is 0 Å². The zero-order valence-corrected chi connectivity index (χ0v) is 17.3. The van der Waals surface area contributed by atoms with Crippen LogP contribution < -0.4 is 15.5 Å². The molecule has 3 rings (SSSR count). The molecule has 146 valence electrons. The van der Waals surface area contributed by atoms with Crippen LogP contribution in [0.1, 0.15) is 25.7 Å². The normalized spacial score (nSPS) is 25.9. The Bertz CT molecular complexity index is 611. The van der Waals surface area contributed by atoms with Gasteiger partial charge in [-0.15, -0.1) is 24.0 Å². The van der Waals surface area contributed by atoms with Crippen LogP contribution >= 0.6 is 24.0 Å². The van der Waals surface area contributed by atoms with Gasteiger partial charge in [0.2, 0.25) is 0 Å². The van der Waals surface area contributed by atoms with E-state index in [2.05, 4.69) is 15.6 Å². The topological polar surface area (TPSA) is 59.9 Å². The van der Waals surface area contributed by atoms with E-state index in [1.54, 1.807) is 11.9 Å². The Morgan fingerprint density at radius 2 is 2.00 bits per heavy atom. The lowest BCUT2D eigenvalue weighted by molar-refractivity contribution is 0.134. The molecule has 1 aromatic rings. The van der Waals surface area contributed by atoms with Gasteiger partial charge in [0.05, 0.1) is 6.10 Å². The minimum absolute atomic E-state index is 0. The van der Waals surface area contributed by atoms with E-state index in [0.717, 1.165) is 25.7 Å². The second-order valence-corrected chi connectivity index (χ2v) is 6.86. The van der Waals surface area contributed by atoms with E-state index in [-0.39, 0.29) is 47.7 Å². The number of rotatable bonds is 4. The predicted molar refractivity (Wildman–Crippen MR) is 110 cm³/mol. The predicted octanol–water partition coefficient (Wildman–Crippen LogP) is 2.49. The van der Waals surface area contributed by atoms with E-state index in [1.807, 2.05) is 0 Å². The number of nitrogens with zero attached hydrogens (tertiary/aromatic N) is 2. The zero-order valence-electron chi connectivity index (χ0n) is 14.9. The lowest BCUT2D eigenvalue weighted by Crippen LogP contribution is -2.46. The van der Waals surface area contributed by atoms with Crippen molar-refractivity contribution in [2.24, 2.45) is 10.9 Å². The Morgan fingerprint density at radius 1 is 1.27 bits per heavy atom. The van der Waals surface area contributed by atoms with Gasteiger partial charge < -0.3 is 20.6 Å². The average Bonchev–Trinajstić information content (AvgIpc) is 3.20. The summed E-state index contributed by atoms with van der Waals surface area (Å²) < 4.78 is 27.9. The molecule has 3 N–H and O–H groups in total. The third-order valence-electron chi connectivity index (χ3n) is 5.16. The number of aliphatic imine (C=N–C) groups is 1. The van der Waals surface area contributed by atoms with Gasteiger partial charge in [-0.25, -0.2) is 8.78 Å². The largest absolute Gasteiger partial charge is 0.393 e. The summed E-state index contributed by atoms with van der Waals surface area (Å²) in [6.45, 7) is 1.79. The smallest absolute Gasteiger partial charge is 0.191 e. The minimum Gasteiger partial charge on any atom is -0.393 e. The lowest BCUT2D eigenvalue weighted by atomic mass is 10.1. The number of guanidine groups is 1. The van der Waals surface area contributed by atoms with Crippen LogP contribution in [0.5, 0.6) is 0 Å². The highest BCUT2D eigenvalue weighted by Gasteiger charge is 2.28. The summed E-state index contributed by atoms with van der Waals surface area (Å²) in [5.74, 6) is -0.136. The van der Waals surface area contributed by atoms with Crippen molar-refractivity contribution in [3.05, 3.63) is 29.8 Å². The molecule has 0 amide bonds. The Morgan fingerprint density at radius 3 is 2.62 bits per heavy atom. The Kier molecular flexibility index (Phi) is 7.87. The van der Waals surface area contributed by atoms with Gasteiger partial charge in [-0.2, -0.15) is 0 Å². The number of hydrogen-bond donors (Lipinski definition) is 3. The van der Waals surface area contributed by atoms with Crippen molar-refractivity contribution in [1.29, 1.82) is 0 Å². The number of halogens is 3. The highest BCUT2D eigenvalue weighted by molar-refractivity contribution is 14.0. The fourth-order valence-corrected chi connectivity index (χ4v) is 3.74. The van der Waals surface area contributed by atoms with E-state index >= 15 is 0 Å². The van der Waals surface area contributed by atoms with Crippen molar-refractivity contribution in [2.45, 2.75) is 37.8 Å². The van der Waals surface area contributed by atoms with Crippen LogP contribution in [-0.4, -0.2) is 49.9 Å². The number of para-hydroxylation sites is 1. The number of aliphatic hydroxyl groups is 1. The number of anilines is 1. The molecular weight excluding hydrogens is 453 g/mol. The van der Waals surface area contributed by atoms with E-state index < -0.39 is 11.6 Å². The molecule has 1 aliphatic heterocycles. The Balaban J connectivity index is 0.00000243. The molecule has 3 atom stereocenters. The molecule has 0 radical (unpaired) electrons. The van der Waals surface area contributed by atoms with Crippen molar-refractivity contribution in [2.75, 3.05) is 31.6 Å². The SMILES string of the molecule is CN=C(NCC1CCCC1O)NC1CCN(c2c(F)cccc2F)C1.I. The fourth-order valence-electron chi connectivity index (χ4n) is 3.74. The number of hydrogen-bond acceptors (Lipinski definition) is 3. The molecule has 1 saturated carbocycles. The molecule has 0 spiro atoms. The van der Waals surface area contributed by atoms with Gasteiger partial charge in [-0.1, -0.05) is 12.5 Å². The van der Waals surface area contributed by atoms with Crippen LogP contribution in [0.3, 0.4) is 0 Å². The molecule has 8 heteroatoms. The second-order valence-electron chi connectivity index (χ2n) is 6.86. The Hall–Kier alpha value is -1.16. The first-order valence-electron chi connectivity index (χ1n) is 8.92. The summed E-state index contributed by atoms with van der Waals surface area (Å²) in [6, 6.07) is 4.01. The highest BCUT2D eigenvalue weighted by atomic mass is 127. The molecule has 1 aromatic carbocycles. The molecule has 5 nitrogen and oxygen atoms in total. The van der Waals surface area contributed by atoms with Gasteiger partial charge in [0, 0.05) is 38.6 Å². The maximum atomic E-state index is 13.9. The number of benzene rings is 1. The molecule has 2 aliphatic rings. The van der Waals surface area contributed by atoms with Gasteiger partial charge in [0.15, 0.2) is 5.96 Å². The summed E-state index contributed by atoms with van der Waals surface area (Å²) in [5, 5.41) is 16.5. The molecule has 0 bridgehead atoms. The Labute approximate surface area is 170 Å². The number of aliphatic hydroxyl groups excluding tert-OH is 1. The monoisotopic (exact) mass is 480 g/mol. The van der Waals surface area contributed by atoms with Crippen molar-refractivity contribution in [1.82, 2.24) is 10.6 Å². The van der Waals surface area contributed by atoms with E-state index in [9.17, 15) is 13.9 Å². The first kappa shape index (κ1) is 21.1. The fraction of sp³-hybridized carbons (Fsp3) is 0.611. The summed E-state index contributed by atoms with van der Waals surface area (Å²) in [4.78, 5) is 5.95. The minimum atomic E-state index is -0.529. The summed E-state index contributed by atoms with van der Waals surface area (Å²) in [5.41, 5.74) is 0.0452. The molecule has 3 unspecified atom stereocenters. The molecular formula is C18H27F2IN4O. The zero-order chi connectivity index (χ0) is 17.8. The van der Waals surface area contributed by atoms with Gasteiger partial charge in [0.1, 0.15) is 17.3 Å². The van der Waals surface area contributed by atoms with Crippen molar-refractivity contribution in [3.8, 4) is 0 Å². The highest BCUT2D eigenvalue weighted by Crippen LogP contribution is 2.27.